The van der Waals surface area contributed by atoms with Crippen molar-refractivity contribution in [2.24, 2.45) is 0 Å². The Balaban J connectivity index is 1.84. The van der Waals surface area contributed by atoms with Gasteiger partial charge < -0.3 is 9.47 Å². The topological polar surface area (TPSA) is 70.4 Å². The van der Waals surface area contributed by atoms with E-state index >= 15 is 0 Å². The van der Waals surface area contributed by atoms with E-state index < -0.39 is 5.97 Å². The Labute approximate surface area is 138 Å². The van der Waals surface area contributed by atoms with Gasteiger partial charge in [0.05, 0.1) is 18.3 Å². The first-order valence-electron chi connectivity index (χ1n) is 7.56. The zero-order valence-corrected chi connectivity index (χ0v) is 13.1. The van der Waals surface area contributed by atoms with E-state index in [4.69, 9.17) is 9.47 Å². The number of hydrogen-bond acceptors (Lipinski definition) is 5. The maximum Gasteiger partial charge on any atom is 0.333 e. The number of fused-ring (bicyclic) bond motifs is 1. The highest BCUT2D eigenvalue weighted by Crippen LogP contribution is 2.26. The minimum Gasteiger partial charge on any atom is -0.490 e. The molecule has 1 aromatic heterocycles. The number of nitrogens with zero attached hydrogens (tertiary/aromatic N) is 2. The van der Waals surface area contributed by atoms with Crippen LogP contribution in [-0.4, -0.2) is 22.4 Å². The molecule has 24 heavy (non-hydrogen) atoms. The van der Waals surface area contributed by atoms with Crippen LogP contribution in [0, 0.1) is 0 Å². The van der Waals surface area contributed by atoms with E-state index in [-0.39, 0.29) is 12.0 Å². The van der Waals surface area contributed by atoms with Gasteiger partial charge in [0, 0.05) is 5.39 Å². The number of ether oxygens (including phenoxy) is 2. The lowest BCUT2D eigenvalue weighted by Gasteiger charge is -2.11. The quantitative estimate of drug-likeness (QED) is 0.532. The number of aromatic nitrogens is 2. The van der Waals surface area contributed by atoms with Gasteiger partial charge in [0.2, 0.25) is 5.43 Å². The Morgan fingerprint density at radius 3 is 2.58 bits per heavy atom. The molecule has 1 heterocycles. The molecule has 0 spiro atoms. The summed E-state index contributed by atoms with van der Waals surface area (Å²) in [5.41, 5.74) is 0.400. The van der Waals surface area contributed by atoms with Crippen molar-refractivity contribution in [1.29, 1.82) is 0 Å². The van der Waals surface area contributed by atoms with Gasteiger partial charge in [0.15, 0.2) is 11.5 Å². The van der Waals surface area contributed by atoms with E-state index in [2.05, 4.69) is 5.10 Å². The summed E-state index contributed by atoms with van der Waals surface area (Å²) < 4.78 is 12.3. The van der Waals surface area contributed by atoms with Gasteiger partial charge in [0.25, 0.3) is 0 Å². The van der Waals surface area contributed by atoms with E-state index in [0.717, 1.165) is 0 Å². The van der Waals surface area contributed by atoms with Crippen LogP contribution in [0.4, 0.5) is 0 Å². The third kappa shape index (κ3) is 3.27. The average Bonchev–Trinajstić information content (AvgIpc) is 2.60. The number of carbonyl (C=O) groups is 1. The van der Waals surface area contributed by atoms with E-state index in [1.807, 2.05) is 6.92 Å². The van der Waals surface area contributed by atoms with Crippen LogP contribution in [-0.2, 0) is 11.3 Å². The maximum atomic E-state index is 12.3. The van der Waals surface area contributed by atoms with E-state index in [0.29, 0.717) is 29.0 Å². The second-order valence-corrected chi connectivity index (χ2v) is 5.04. The molecule has 0 fully saturated rings. The lowest BCUT2D eigenvalue weighted by Crippen LogP contribution is -2.21. The molecule has 0 saturated heterocycles. The van der Waals surface area contributed by atoms with Crippen molar-refractivity contribution < 1.29 is 14.3 Å². The first kappa shape index (κ1) is 15.7. The zero-order valence-electron chi connectivity index (χ0n) is 13.1. The Morgan fingerprint density at radius 1 is 1.08 bits per heavy atom. The minimum absolute atomic E-state index is 0.110. The smallest absolute Gasteiger partial charge is 0.333 e. The van der Waals surface area contributed by atoms with Crippen LogP contribution < -0.4 is 14.9 Å². The van der Waals surface area contributed by atoms with Crippen LogP contribution in [0.15, 0.2) is 59.5 Å². The molecule has 0 atom stereocenters. The second kappa shape index (κ2) is 6.95. The van der Waals surface area contributed by atoms with Gasteiger partial charge in [-0.05, 0) is 31.2 Å². The molecule has 0 N–H and O–H groups in total. The van der Waals surface area contributed by atoms with Crippen LogP contribution >= 0.6 is 0 Å². The van der Waals surface area contributed by atoms with Crippen molar-refractivity contribution in [2.45, 2.75) is 13.5 Å². The van der Waals surface area contributed by atoms with Gasteiger partial charge in [-0.3, -0.25) is 9.48 Å². The molecule has 6 heteroatoms. The third-order valence-corrected chi connectivity index (χ3v) is 3.41. The Morgan fingerprint density at radius 2 is 1.79 bits per heavy atom. The van der Waals surface area contributed by atoms with Gasteiger partial charge in [-0.25, -0.2) is 4.79 Å². The number of para-hydroxylation sites is 3. The molecule has 0 radical (unpaired) electrons. The third-order valence-electron chi connectivity index (χ3n) is 3.41. The average molecular weight is 324 g/mol. The predicted molar refractivity (Wildman–Crippen MR) is 89.2 cm³/mol. The van der Waals surface area contributed by atoms with Crippen molar-refractivity contribution in [1.82, 2.24) is 9.78 Å². The highest BCUT2D eigenvalue weighted by atomic mass is 16.6. The van der Waals surface area contributed by atoms with Crippen LogP contribution in [0.5, 0.6) is 11.5 Å². The van der Waals surface area contributed by atoms with Gasteiger partial charge in [-0.2, -0.15) is 5.10 Å². The van der Waals surface area contributed by atoms with Crippen molar-refractivity contribution in [3.8, 4) is 11.5 Å². The lowest BCUT2D eigenvalue weighted by molar-refractivity contribution is -0.135. The van der Waals surface area contributed by atoms with Crippen molar-refractivity contribution in [3.63, 3.8) is 0 Å². The number of benzene rings is 2. The molecule has 0 aliphatic heterocycles. The number of esters is 1. The molecule has 0 bridgehead atoms. The molecule has 0 saturated carbocycles. The number of carbonyl (C=O) groups excluding carboxylic acids is 1. The first-order valence-corrected chi connectivity index (χ1v) is 7.56. The largest absolute Gasteiger partial charge is 0.490 e. The summed E-state index contributed by atoms with van der Waals surface area (Å²) in [5, 5.41) is 4.53. The van der Waals surface area contributed by atoms with E-state index in [1.54, 1.807) is 48.5 Å². The molecule has 0 amide bonds. The Hall–Kier alpha value is -3.15. The maximum absolute atomic E-state index is 12.3. The minimum atomic E-state index is -0.497. The number of hydrogen-bond donors (Lipinski definition) is 0. The first-order chi connectivity index (χ1) is 11.7. The Bertz CT molecular complexity index is 933. The molecule has 3 rings (SSSR count). The van der Waals surface area contributed by atoms with E-state index in [9.17, 15) is 9.59 Å². The normalized spacial score (nSPS) is 10.5. The van der Waals surface area contributed by atoms with Crippen LogP contribution in [0.25, 0.3) is 10.9 Å². The summed E-state index contributed by atoms with van der Waals surface area (Å²) in [6, 6.07) is 14.0. The van der Waals surface area contributed by atoms with Crippen LogP contribution in [0.2, 0.25) is 0 Å². The van der Waals surface area contributed by atoms with Crippen molar-refractivity contribution in [3.05, 3.63) is 65.0 Å². The fourth-order valence-corrected chi connectivity index (χ4v) is 2.37. The van der Waals surface area contributed by atoms with E-state index in [1.165, 1.54) is 10.9 Å². The molecule has 6 nitrogen and oxygen atoms in total. The van der Waals surface area contributed by atoms with Crippen molar-refractivity contribution in [2.75, 3.05) is 6.61 Å². The van der Waals surface area contributed by atoms with Crippen molar-refractivity contribution >= 4 is 16.9 Å². The SMILES string of the molecule is CCOc1ccccc1OC(=O)Cn1ncc(=O)c2ccccc21. The van der Waals surface area contributed by atoms with Crippen LogP contribution in [0.3, 0.4) is 0 Å². The monoisotopic (exact) mass is 324 g/mol. The van der Waals surface area contributed by atoms with Gasteiger partial charge >= 0.3 is 5.97 Å². The highest BCUT2D eigenvalue weighted by molar-refractivity contribution is 5.80. The Kier molecular flexibility index (Phi) is 4.56. The summed E-state index contributed by atoms with van der Waals surface area (Å²) in [6.45, 7) is 2.22. The fourth-order valence-electron chi connectivity index (χ4n) is 2.37. The molecule has 122 valence electrons. The summed E-state index contributed by atoms with van der Waals surface area (Å²) in [7, 11) is 0. The summed E-state index contributed by atoms with van der Waals surface area (Å²) in [5.74, 6) is 0.365. The summed E-state index contributed by atoms with van der Waals surface area (Å²) >= 11 is 0. The molecular formula is C18H16N2O4. The van der Waals surface area contributed by atoms with Gasteiger partial charge in [0.1, 0.15) is 6.54 Å². The molecule has 0 aliphatic carbocycles. The summed E-state index contributed by atoms with van der Waals surface area (Å²) in [6.07, 6.45) is 1.20. The molecule has 2 aromatic carbocycles. The number of rotatable bonds is 5. The molecular weight excluding hydrogens is 308 g/mol. The van der Waals surface area contributed by atoms with Crippen LogP contribution in [0.1, 0.15) is 6.92 Å². The fraction of sp³-hybridized carbons (Fsp3) is 0.167. The molecule has 0 unspecified atom stereocenters. The lowest BCUT2D eigenvalue weighted by atomic mass is 10.2. The summed E-state index contributed by atoms with van der Waals surface area (Å²) in [4.78, 5) is 24.1. The van der Waals surface area contributed by atoms with Gasteiger partial charge in [-0.15, -0.1) is 0 Å². The highest BCUT2D eigenvalue weighted by Gasteiger charge is 2.12. The second-order valence-electron chi connectivity index (χ2n) is 5.04. The zero-order chi connectivity index (χ0) is 16.9. The standard InChI is InChI=1S/C18H16N2O4/c1-2-23-16-9-5-6-10-17(16)24-18(22)12-20-14-8-4-3-7-13(14)15(21)11-19-20/h3-11H,2,12H2,1H3. The molecule has 3 aromatic rings. The van der Waals surface area contributed by atoms with Gasteiger partial charge in [-0.1, -0.05) is 24.3 Å². The predicted octanol–water partition coefficient (Wildman–Crippen LogP) is 2.40. The molecule has 0 aliphatic rings.